The second-order valence-electron chi connectivity index (χ2n) is 11.7. The molecule has 1 aromatic carbocycles. The number of aromatic amines is 1. The minimum Gasteiger partial charge on any atom is -0.444 e. The predicted octanol–water partition coefficient (Wildman–Crippen LogP) is 4.79. The number of pyridine rings is 1. The van der Waals surface area contributed by atoms with Crippen molar-refractivity contribution in [2.75, 3.05) is 43.9 Å². The second kappa shape index (κ2) is 14.5. The van der Waals surface area contributed by atoms with Gasteiger partial charge in [0.2, 0.25) is 5.89 Å². The van der Waals surface area contributed by atoms with Crippen LogP contribution >= 0.6 is 0 Å². The molecule has 4 aromatic rings. The number of hydrogen-bond acceptors (Lipinski definition) is 10. The molecule has 254 valence electrons. The van der Waals surface area contributed by atoms with Gasteiger partial charge in [0.25, 0.3) is 11.8 Å². The van der Waals surface area contributed by atoms with Crippen molar-refractivity contribution in [1.29, 1.82) is 0 Å². The van der Waals surface area contributed by atoms with E-state index in [0.717, 1.165) is 18.5 Å². The lowest BCUT2D eigenvalue weighted by Crippen LogP contribution is -2.42. The number of oxazole rings is 1. The van der Waals surface area contributed by atoms with Crippen molar-refractivity contribution in [3.8, 4) is 22.7 Å². The standard InChI is InChI=1S/C31H33F3N8O6/c1-30(2,3)48-29(46)42(17-31(32,33)34)24-13-19(8-9-35-24)28-39-23(16-47-28)27(45)38-22-14-37-40-25(22)18-6-7-20(15-43)21(12-18)26(44)36-10-11-41(4)5/h6-9,12-16H,10-11,17H2,1-5H3,(H,36,44)(H,37,40)(H,38,45). The number of anilines is 2. The van der Waals surface area contributed by atoms with Gasteiger partial charge in [-0.1, -0.05) is 12.1 Å². The van der Waals surface area contributed by atoms with E-state index < -0.39 is 36.2 Å². The number of nitrogens with one attached hydrogen (secondary N) is 3. The molecule has 0 aliphatic carbocycles. The monoisotopic (exact) mass is 670 g/mol. The van der Waals surface area contributed by atoms with Gasteiger partial charge < -0.3 is 24.7 Å². The number of carbonyl (C=O) groups excluding carboxylic acids is 4. The minimum absolute atomic E-state index is 0.130. The fourth-order valence-electron chi connectivity index (χ4n) is 4.23. The molecule has 3 N–H and O–H groups in total. The third-order valence-corrected chi connectivity index (χ3v) is 6.40. The third kappa shape index (κ3) is 9.25. The molecule has 0 aliphatic heterocycles. The Kier molecular flexibility index (Phi) is 10.6. The van der Waals surface area contributed by atoms with Gasteiger partial charge in [-0.2, -0.15) is 18.3 Å². The van der Waals surface area contributed by atoms with Crippen LogP contribution in [0.1, 0.15) is 52.0 Å². The first-order chi connectivity index (χ1) is 22.5. The maximum atomic E-state index is 13.4. The molecule has 0 aliphatic rings. The number of nitrogens with zero attached hydrogens (tertiary/aromatic N) is 5. The van der Waals surface area contributed by atoms with E-state index in [4.69, 9.17) is 9.15 Å². The average Bonchev–Trinajstić information content (AvgIpc) is 3.68. The van der Waals surface area contributed by atoms with E-state index in [-0.39, 0.29) is 39.8 Å². The van der Waals surface area contributed by atoms with Crippen LogP contribution < -0.4 is 15.5 Å². The Labute approximate surface area is 272 Å². The molecule has 4 rings (SSSR count). The number of aromatic nitrogens is 4. The van der Waals surface area contributed by atoms with Crippen LogP contribution in [0, 0.1) is 0 Å². The minimum atomic E-state index is -4.76. The Hall–Kier alpha value is -5.58. The van der Waals surface area contributed by atoms with Crippen molar-refractivity contribution < 1.29 is 41.5 Å². The maximum Gasteiger partial charge on any atom is 0.416 e. The Morgan fingerprint density at radius 1 is 1.06 bits per heavy atom. The molecule has 0 radical (unpaired) electrons. The molecule has 3 aromatic heterocycles. The van der Waals surface area contributed by atoms with E-state index in [9.17, 15) is 32.3 Å². The van der Waals surface area contributed by atoms with Gasteiger partial charge >= 0.3 is 12.3 Å². The molecule has 3 heterocycles. The molecule has 0 saturated carbocycles. The molecule has 0 atom stereocenters. The summed E-state index contributed by atoms with van der Waals surface area (Å²) in [7, 11) is 3.72. The molecule has 3 amide bonds. The first-order valence-corrected chi connectivity index (χ1v) is 14.4. The summed E-state index contributed by atoms with van der Waals surface area (Å²) in [5.41, 5.74) is 0.174. The Balaban J connectivity index is 1.54. The van der Waals surface area contributed by atoms with Gasteiger partial charge in [0.1, 0.15) is 24.2 Å². The molecule has 48 heavy (non-hydrogen) atoms. The van der Waals surface area contributed by atoms with Gasteiger partial charge in [0.05, 0.1) is 23.1 Å². The van der Waals surface area contributed by atoms with E-state index in [1.165, 1.54) is 45.2 Å². The summed E-state index contributed by atoms with van der Waals surface area (Å²) in [6, 6.07) is 7.07. The quantitative estimate of drug-likeness (QED) is 0.188. The van der Waals surface area contributed by atoms with Crippen molar-refractivity contribution in [1.82, 2.24) is 30.4 Å². The number of benzene rings is 1. The molecule has 14 nitrogen and oxygen atoms in total. The van der Waals surface area contributed by atoms with Gasteiger partial charge in [0, 0.05) is 36.0 Å². The summed E-state index contributed by atoms with van der Waals surface area (Å²) in [6.45, 7) is 3.83. The summed E-state index contributed by atoms with van der Waals surface area (Å²) >= 11 is 0. The van der Waals surface area contributed by atoms with Crippen LogP contribution in [0.4, 0.5) is 29.5 Å². The van der Waals surface area contributed by atoms with E-state index in [0.29, 0.717) is 35.5 Å². The summed E-state index contributed by atoms with van der Waals surface area (Å²) in [4.78, 5) is 60.5. The SMILES string of the molecule is CN(C)CCNC(=O)c1cc(-c2[nH]ncc2NC(=O)c2coc(-c3ccnc(N(CC(F)(F)F)C(=O)OC(C)(C)C)c3)n2)ccc1C=O. The van der Waals surface area contributed by atoms with Crippen molar-refractivity contribution >= 4 is 35.7 Å². The fraction of sp³-hybridized carbons (Fsp3) is 0.323. The molecule has 17 heteroatoms. The van der Waals surface area contributed by atoms with Gasteiger partial charge in [-0.05, 0) is 53.1 Å². The van der Waals surface area contributed by atoms with Gasteiger partial charge in [-0.25, -0.2) is 14.8 Å². The van der Waals surface area contributed by atoms with Crippen molar-refractivity contribution in [3.63, 3.8) is 0 Å². The number of hydrogen-bond donors (Lipinski definition) is 3. The molecule has 0 fully saturated rings. The van der Waals surface area contributed by atoms with Crippen molar-refractivity contribution in [2.24, 2.45) is 0 Å². The highest BCUT2D eigenvalue weighted by molar-refractivity contribution is 6.06. The summed E-state index contributed by atoms with van der Waals surface area (Å²) in [6.07, 6.45) is -1.91. The topological polar surface area (TPSA) is 176 Å². The van der Waals surface area contributed by atoms with Crippen molar-refractivity contribution in [2.45, 2.75) is 32.5 Å². The van der Waals surface area contributed by atoms with Crippen LogP contribution in [-0.2, 0) is 4.74 Å². The third-order valence-electron chi connectivity index (χ3n) is 6.40. The lowest BCUT2D eigenvalue weighted by molar-refractivity contribution is -0.119. The molecule has 0 unspecified atom stereocenters. The van der Waals surface area contributed by atoms with Crippen LogP contribution in [0.15, 0.2) is 53.4 Å². The van der Waals surface area contributed by atoms with Crippen LogP contribution in [0.25, 0.3) is 22.7 Å². The summed E-state index contributed by atoms with van der Waals surface area (Å²) in [5, 5.41) is 12.2. The van der Waals surface area contributed by atoms with Crippen LogP contribution in [0.2, 0.25) is 0 Å². The number of likely N-dealkylation sites (N-methyl/N-ethyl adjacent to an activating group) is 1. The highest BCUT2D eigenvalue weighted by atomic mass is 19.4. The summed E-state index contributed by atoms with van der Waals surface area (Å²) in [5.74, 6) is -1.69. The molecule has 0 saturated heterocycles. The number of carbonyl (C=O) groups is 4. The predicted molar refractivity (Wildman–Crippen MR) is 168 cm³/mol. The van der Waals surface area contributed by atoms with Gasteiger partial charge in [0.15, 0.2) is 12.0 Å². The number of H-pyrrole nitrogens is 1. The number of aldehydes is 1. The summed E-state index contributed by atoms with van der Waals surface area (Å²) < 4.78 is 50.6. The second-order valence-corrected chi connectivity index (χ2v) is 11.7. The molecule has 0 spiro atoms. The van der Waals surface area contributed by atoms with E-state index in [1.807, 2.05) is 19.0 Å². The maximum absolute atomic E-state index is 13.4. The van der Waals surface area contributed by atoms with Crippen LogP contribution in [-0.4, -0.2) is 94.8 Å². The zero-order valence-corrected chi connectivity index (χ0v) is 26.6. The lowest BCUT2D eigenvalue weighted by Gasteiger charge is -2.27. The number of rotatable bonds is 11. The van der Waals surface area contributed by atoms with Gasteiger partial charge in [-0.15, -0.1) is 0 Å². The lowest BCUT2D eigenvalue weighted by atomic mass is 10.0. The van der Waals surface area contributed by atoms with E-state index in [2.05, 4.69) is 30.8 Å². The fourth-order valence-corrected chi connectivity index (χ4v) is 4.23. The number of amides is 3. The van der Waals surface area contributed by atoms with Crippen molar-refractivity contribution in [3.05, 3.63) is 65.8 Å². The Bertz CT molecular complexity index is 1790. The smallest absolute Gasteiger partial charge is 0.416 e. The van der Waals surface area contributed by atoms with E-state index >= 15 is 0 Å². The van der Waals surface area contributed by atoms with Gasteiger partial charge in [-0.3, -0.25) is 24.4 Å². The Morgan fingerprint density at radius 3 is 2.48 bits per heavy atom. The Morgan fingerprint density at radius 2 is 1.81 bits per heavy atom. The first kappa shape index (κ1) is 35.3. The average molecular weight is 671 g/mol. The molecule has 0 bridgehead atoms. The molecular weight excluding hydrogens is 637 g/mol. The first-order valence-electron chi connectivity index (χ1n) is 14.4. The largest absolute Gasteiger partial charge is 0.444 e. The zero-order chi connectivity index (χ0) is 35.2. The molecular formula is C31H33F3N8O6. The zero-order valence-electron chi connectivity index (χ0n) is 26.6. The number of ether oxygens (including phenoxy) is 1. The van der Waals surface area contributed by atoms with E-state index in [1.54, 1.807) is 6.07 Å². The normalized spacial score (nSPS) is 11.7. The highest BCUT2D eigenvalue weighted by Gasteiger charge is 2.36. The number of halogens is 3. The highest BCUT2D eigenvalue weighted by Crippen LogP contribution is 2.29. The van der Waals surface area contributed by atoms with Crippen LogP contribution in [0.5, 0.6) is 0 Å². The number of alkyl halides is 3. The van der Waals surface area contributed by atoms with Crippen LogP contribution in [0.3, 0.4) is 0 Å².